The summed E-state index contributed by atoms with van der Waals surface area (Å²) in [7, 11) is 0. The third-order valence-corrected chi connectivity index (χ3v) is 3.68. The van der Waals surface area contributed by atoms with Crippen molar-refractivity contribution in [3.63, 3.8) is 0 Å². The van der Waals surface area contributed by atoms with Gasteiger partial charge >= 0.3 is 12.0 Å². The molecule has 3 N–H and O–H groups in total. The Morgan fingerprint density at radius 2 is 2.16 bits per heavy atom. The highest BCUT2D eigenvalue weighted by molar-refractivity contribution is 5.74. The molecule has 0 aromatic rings. The molecule has 19 heavy (non-hydrogen) atoms. The fraction of sp³-hybridized carbons (Fsp3) is 0.846. The molecule has 2 amide bonds. The maximum absolute atomic E-state index is 11.9. The molecule has 110 valence electrons. The molecule has 6 heteroatoms. The predicted molar refractivity (Wildman–Crippen MR) is 70.9 cm³/mol. The summed E-state index contributed by atoms with van der Waals surface area (Å²) < 4.78 is 0. The van der Waals surface area contributed by atoms with Crippen LogP contribution < -0.4 is 5.32 Å². The minimum Gasteiger partial charge on any atom is -0.481 e. The van der Waals surface area contributed by atoms with E-state index in [-0.39, 0.29) is 24.5 Å². The molecular formula is C13H24N2O4. The van der Waals surface area contributed by atoms with Crippen LogP contribution in [0, 0.1) is 5.41 Å². The maximum atomic E-state index is 11.9. The first-order valence-electron chi connectivity index (χ1n) is 6.88. The molecule has 0 spiro atoms. The lowest BCUT2D eigenvalue weighted by atomic mass is 9.83. The number of carbonyl (C=O) groups excluding carboxylic acids is 1. The molecule has 1 fully saturated rings. The van der Waals surface area contributed by atoms with Gasteiger partial charge in [0.2, 0.25) is 0 Å². The predicted octanol–water partition coefficient (Wildman–Crippen LogP) is 1.05. The van der Waals surface area contributed by atoms with E-state index in [9.17, 15) is 14.7 Å². The number of nitrogens with zero attached hydrogens (tertiary/aromatic N) is 1. The fourth-order valence-electron chi connectivity index (χ4n) is 2.60. The number of nitrogens with one attached hydrogen (secondary N) is 1. The van der Waals surface area contributed by atoms with Crippen molar-refractivity contribution in [3.8, 4) is 0 Å². The number of rotatable bonds is 7. The Hall–Kier alpha value is -1.30. The van der Waals surface area contributed by atoms with Crippen LogP contribution in [0.5, 0.6) is 0 Å². The van der Waals surface area contributed by atoms with E-state index in [0.29, 0.717) is 26.1 Å². The van der Waals surface area contributed by atoms with Gasteiger partial charge in [-0.1, -0.05) is 13.3 Å². The molecule has 0 aromatic carbocycles. The first kappa shape index (κ1) is 15.8. The second kappa shape index (κ2) is 7.33. The summed E-state index contributed by atoms with van der Waals surface area (Å²) in [4.78, 5) is 23.9. The van der Waals surface area contributed by atoms with Crippen LogP contribution in [0.2, 0.25) is 0 Å². The Morgan fingerprint density at radius 3 is 2.74 bits per heavy atom. The summed E-state index contributed by atoms with van der Waals surface area (Å²) in [6.45, 7) is 3.81. The molecule has 0 bridgehead atoms. The molecule has 1 rings (SSSR count). The molecular weight excluding hydrogens is 248 g/mol. The molecule has 1 aliphatic heterocycles. The van der Waals surface area contributed by atoms with Crippen molar-refractivity contribution in [2.75, 3.05) is 26.2 Å². The first-order valence-corrected chi connectivity index (χ1v) is 6.88. The van der Waals surface area contributed by atoms with E-state index in [4.69, 9.17) is 5.11 Å². The first-order chi connectivity index (χ1) is 9.03. The van der Waals surface area contributed by atoms with Gasteiger partial charge in [0.15, 0.2) is 0 Å². The topological polar surface area (TPSA) is 89.9 Å². The quantitative estimate of drug-likeness (QED) is 0.604. The molecule has 0 radical (unpaired) electrons. The summed E-state index contributed by atoms with van der Waals surface area (Å²) in [6, 6.07) is -0.156. The second-order valence-corrected chi connectivity index (χ2v) is 5.31. The molecule has 0 aliphatic carbocycles. The molecule has 0 aromatic heterocycles. The number of hydrogen-bond donors (Lipinski definition) is 3. The van der Waals surface area contributed by atoms with Crippen molar-refractivity contribution in [2.45, 2.75) is 39.0 Å². The van der Waals surface area contributed by atoms with Gasteiger partial charge in [0.25, 0.3) is 0 Å². The van der Waals surface area contributed by atoms with E-state index >= 15 is 0 Å². The van der Waals surface area contributed by atoms with Crippen molar-refractivity contribution in [1.82, 2.24) is 10.2 Å². The minimum atomic E-state index is -0.849. The third kappa shape index (κ3) is 4.70. The number of hydrogen-bond acceptors (Lipinski definition) is 3. The van der Waals surface area contributed by atoms with E-state index in [1.54, 1.807) is 4.90 Å². The van der Waals surface area contributed by atoms with E-state index in [2.05, 4.69) is 12.2 Å². The van der Waals surface area contributed by atoms with Crippen LogP contribution in [0.1, 0.15) is 39.0 Å². The zero-order valence-electron chi connectivity index (χ0n) is 11.5. The summed E-state index contributed by atoms with van der Waals surface area (Å²) in [5, 5.41) is 20.7. The smallest absolute Gasteiger partial charge is 0.317 e. The van der Waals surface area contributed by atoms with Crippen LogP contribution in [0.4, 0.5) is 4.79 Å². The average molecular weight is 272 g/mol. The maximum Gasteiger partial charge on any atom is 0.317 e. The lowest BCUT2D eigenvalue weighted by Crippen LogP contribution is -2.41. The van der Waals surface area contributed by atoms with Crippen molar-refractivity contribution in [2.24, 2.45) is 5.41 Å². The lowest BCUT2D eigenvalue weighted by Gasteiger charge is -2.26. The van der Waals surface area contributed by atoms with Crippen LogP contribution in [-0.4, -0.2) is 53.4 Å². The number of carboxylic acid groups (broad SMARTS) is 1. The largest absolute Gasteiger partial charge is 0.481 e. The van der Waals surface area contributed by atoms with Gasteiger partial charge in [0, 0.05) is 31.5 Å². The second-order valence-electron chi connectivity index (χ2n) is 5.31. The SMILES string of the molecule is CCCC1(CO)CCN(C(=O)NCCCC(=O)O)C1. The van der Waals surface area contributed by atoms with Crippen molar-refractivity contribution >= 4 is 12.0 Å². The Labute approximate surface area is 113 Å². The highest BCUT2D eigenvalue weighted by atomic mass is 16.4. The third-order valence-electron chi connectivity index (χ3n) is 3.68. The van der Waals surface area contributed by atoms with Gasteiger partial charge in [-0.25, -0.2) is 4.79 Å². The highest BCUT2D eigenvalue weighted by Crippen LogP contribution is 2.34. The highest BCUT2D eigenvalue weighted by Gasteiger charge is 2.38. The van der Waals surface area contributed by atoms with Gasteiger partial charge in [-0.3, -0.25) is 4.79 Å². The van der Waals surface area contributed by atoms with E-state index in [1.807, 2.05) is 0 Å². The van der Waals surface area contributed by atoms with Crippen LogP contribution in [0.3, 0.4) is 0 Å². The average Bonchev–Trinajstić information content (AvgIpc) is 2.80. The Bertz CT molecular complexity index is 322. The summed E-state index contributed by atoms with van der Waals surface area (Å²) in [6.07, 6.45) is 3.26. The number of aliphatic hydroxyl groups excluding tert-OH is 1. The van der Waals surface area contributed by atoms with Crippen LogP contribution in [0.25, 0.3) is 0 Å². The number of carboxylic acids is 1. The van der Waals surface area contributed by atoms with Crippen LogP contribution in [0.15, 0.2) is 0 Å². The molecule has 1 saturated heterocycles. The van der Waals surface area contributed by atoms with Gasteiger partial charge in [-0.15, -0.1) is 0 Å². The van der Waals surface area contributed by atoms with E-state index in [0.717, 1.165) is 19.3 Å². The normalized spacial score (nSPS) is 22.5. The number of amides is 2. The minimum absolute atomic E-state index is 0.0662. The Balaban J connectivity index is 2.33. The number of aliphatic hydroxyl groups is 1. The number of aliphatic carboxylic acids is 1. The van der Waals surface area contributed by atoms with E-state index < -0.39 is 5.97 Å². The zero-order chi connectivity index (χ0) is 14.3. The van der Waals surface area contributed by atoms with Crippen molar-refractivity contribution < 1.29 is 19.8 Å². The Kier molecular flexibility index (Phi) is 6.08. The van der Waals surface area contributed by atoms with Crippen LogP contribution >= 0.6 is 0 Å². The van der Waals surface area contributed by atoms with Gasteiger partial charge in [0.1, 0.15) is 0 Å². The molecule has 1 atom stereocenters. The molecule has 1 unspecified atom stereocenters. The fourth-order valence-corrected chi connectivity index (χ4v) is 2.60. The number of carbonyl (C=O) groups is 2. The van der Waals surface area contributed by atoms with E-state index in [1.165, 1.54) is 0 Å². The monoisotopic (exact) mass is 272 g/mol. The van der Waals surface area contributed by atoms with Gasteiger partial charge in [-0.2, -0.15) is 0 Å². The summed E-state index contributed by atoms with van der Waals surface area (Å²) >= 11 is 0. The molecule has 0 saturated carbocycles. The summed E-state index contributed by atoms with van der Waals surface area (Å²) in [5.74, 6) is -0.849. The van der Waals surface area contributed by atoms with Gasteiger partial charge < -0.3 is 20.4 Å². The molecule has 1 heterocycles. The zero-order valence-corrected chi connectivity index (χ0v) is 11.5. The Morgan fingerprint density at radius 1 is 1.42 bits per heavy atom. The standard InChI is InChI=1S/C13H24N2O4/c1-2-5-13(10-16)6-8-15(9-13)12(19)14-7-3-4-11(17)18/h16H,2-10H2,1H3,(H,14,19)(H,17,18). The van der Waals surface area contributed by atoms with Crippen LogP contribution in [-0.2, 0) is 4.79 Å². The summed E-state index contributed by atoms with van der Waals surface area (Å²) in [5.41, 5.74) is -0.146. The van der Waals surface area contributed by atoms with Crippen molar-refractivity contribution in [3.05, 3.63) is 0 Å². The molecule has 6 nitrogen and oxygen atoms in total. The number of likely N-dealkylation sites (tertiary alicyclic amines) is 1. The number of urea groups is 1. The molecule has 1 aliphatic rings. The lowest BCUT2D eigenvalue weighted by molar-refractivity contribution is -0.137. The van der Waals surface area contributed by atoms with Gasteiger partial charge in [-0.05, 0) is 19.3 Å². The van der Waals surface area contributed by atoms with Gasteiger partial charge in [0.05, 0.1) is 6.61 Å². The van der Waals surface area contributed by atoms with Crippen molar-refractivity contribution in [1.29, 1.82) is 0 Å².